The zero-order chi connectivity index (χ0) is 31.9. The molecule has 0 bridgehead atoms. The molecule has 44 heavy (non-hydrogen) atoms. The highest BCUT2D eigenvalue weighted by atomic mass is 35.5. The number of hydrogen-bond acceptors (Lipinski definition) is 4. The van der Waals surface area contributed by atoms with Crippen molar-refractivity contribution in [3.8, 4) is 0 Å². The van der Waals surface area contributed by atoms with Gasteiger partial charge in [-0.1, -0.05) is 96.5 Å². The van der Waals surface area contributed by atoms with Crippen molar-refractivity contribution in [2.24, 2.45) is 0 Å². The smallest absolute Gasteiger partial charge is 0.264 e. The maximum atomic E-state index is 14.5. The molecular formula is C35H38ClN3O4S. The Kier molecular flexibility index (Phi) is 10.5. The summed E-state index contributed by atoms with van der Waals surface area (Å²) in [7, 11) is -4.19. The molecule has 4 aromatic carbocycles. The van der Waals surface area contributed by atoms with Gasteiger partial charge in [0.2, 0.25) is 11.8 Å². The lowest BCUT2D eigenvalue weighted by molar-refractivity contribution is -0.140. The Labute approximate surface area is 265 Å². The Morgan fingerprint density at radius 1 is 0.818 bits per heavy atom. The van der Waals surface area contributed by atoms with Crippen LogP contribution >= 0.6 is 11.6 Å². The first-order chi connectivity index (χ1) is 20.8. The van der Waals surface area contributed by atoms with Gasteiger partial charge in [0.1, 0.15) is 12.6 Å². The number of hydrogen-bond donors (Lipinski definition) is 1. The fourth-order valence-electron chi connectivity index (χ4n) is 4.77. The highest BCUT2D eigenvalue weighted by Gasteiger charge is 2.35. The molecular weight excluding hydrogens is 594 g/mol. The van der Waals surface area contributed by atoms with Crippen molar-refractivity contribution in [1.29, 1.82) is 0 Å². The van der Waals surface area contributed by atoms with Crippen molar-refractivity contribution in [2.75, 3.05) is 10.8 Å². The number of nitrogens with one attached hydrogen (secondary N) is 1. The molecule has 0 fully saturated rings. The molecule has 0 aliphatic rings. The molecule has 0 spiro atoms. The summed E-state index contributed by atoms with van der Waals surface area (Å²) < 4.78 is 29.2. The third-order valence-corrected chi connectivity index (χ3v) is 9.21. The summed E-state index contributed by atoms with van der Waals surface area (Å²) in [4.78, 5) is 29.9. The van der Waals surface area contributed by atoms with Gasteiger partial charge in [0.05, 0.1) is 10.6 Å². The van der Waals surface area contributed by atoms with Crippen LogP contribution in [-0.4, -0.2) is 43.3 Å². The zero-order valence-corrected chi connectivity index (χ0v) is 27.0. The first-order valence-electron chi connectivity index (χ1n) is 14.4. The SMILES string of the molecule is Cc1ccc(N(CC(=O)N(Cc2ccccc2)[C@@H](Cc2ccccc2)C(=O)NC(C)(C)C)S(=O)(=O)c2ccccc2)cc1Cl. The Morgan fingerprint density at radius 2 is 1.36 bits per heavy atom. The lowest BCUT2D eigenvalue weighted by atomic mass is 10.0. The number of halogens is 1. The largest absolute Gasteiger partial charge is 0.350 e. The van der Waals surface area contributed by atoms with Crippen molar-refractivity contribution in [3.05, 3.63) is 131 Å². The Bertz CT molecular complexity index is 1680. The Morgan fingerprint density at radius 3 is 1.91 bits per heavy atom. The fourth-order valence-corrected chi connectivity index (χ4v) is 6.37. The molecule has 0 aliphatic carbocycles. The number of aryl methyl sites for hydroxylation is 1. The zero-order valence-electron chi connectivity index (χ0n) is 25.4. The summed E-state index contributed by atoms with van der Waals surface area (Å²) in [6.07, 6.45) is 0.239. The van der Waals surface area contributed by atoms with Crippen LogP contribution in [0.4, 0.5) is 5.69 Å². The minimum Gasteiger partial charge on any atom is -0.350 e. The van der Waals surface area contributed by atoms with Gasteiger partial charge in [-0.3, -0.25) is 13.9 Å². The van der Waals surface area contributed by atoms with Crippen molar-refractivity contribution < 1.29 is 18.0 Å². The summed E-state index contributed by atoms with van der Waals surface area (Å²) in [6, 6.07) is 30.7. The van der Waals surface area contributed by atoms with Crippen LogP contribution < -0.4 is 9.62 Å². The summed E-state index contributed by atoms with van der Waals surface area (Å²) in [5, 5.41) is 3.40. The van der Waals surface area contributed by atoms with E-state index in [9.17, 15) is 18.0 Å². The van der Waals surface area contributed by atoms with E-state index in [1.54, 1.807) is 36.4 Å². The molecule has 9 heteroatoms. The molecule has 2 amide bonds. The second-order valence-corrected chi connectivity index (χ2v) is 14.0. The molecule has 230 valence electrons. The summed E-state index contributed by atoms with van der Waals surface area (Å²) in [6.45, 7) is 7.01. The quantitative estimate of drug-likeness (QED) is 0.208. The van der Waals surface area contributed by atoms with Gasteiger partial charge < -0.3 is 10.2 Å². The van der Waals surface area contributed by atoms with Crippen LogP contribution in [0.2, 0.25) is 5.02 Å². The first kappa shape index (κ1) is 32.8. The lowest BCUT2D eigenvalue weighted by Gasteiger charge is -2.35. The predicted molar refractivity (Wildman–Crippen MR) is 176 cm³/mol. The van der Waals surface area contributed by atoms with Crippen LogP contribution in [-0.2, 0) is 32.6 Å². The van der Waals surface area contributed by atoms with Crippen molar-refractivity contribution in [3.63, 3.8) is 0 Å². The first-order valence-corrected chi connectivity index (χ1v) is 16.2. The topological polar surface area (TPSA) is 86.8 Å². The molecule has 7 nitrogen and oxygen atoms in total. The molecule has 0 heterocycles. The molecule has 0 aliphatic heterocycles. The summed E-state index contributed by atoms with van der Waals surface area (Å²) in [5.74, 6) is -0.864. The van der Waals surface area contributed by atoms with E-state index in [1.807, 2.05) is 88.4 Å². The van der Waals surface area contributed by atoms with Crippen LogP contribution in [0.3, 0.4) is 0 Å². The Hall–Kier alpha value is -4.14. The van der Waals surface area contributed by atoms with Gasteiger partial charge in [-0.15, -0.1) is 0 Å². The number of amides is 2. The van der Waals surface area contributed by atoms with E-state index in [1.165, 1.54) is 17.0 Å². The lowest BCUT2D eigenvalue weighted by Crippen LogP contribution is -2.56. The van der Waals surface area contributed by atoms with Crippen LogP contribution in [0.15, 0.2) is 114 Å². The predicted octanol–water partition coefficient (Wildman–Crippen LogP) is 6.40. The van der Waals surface area contributed by atoms with E-state index in [2.05, 4.69) is 5.32 Å². The van der Waals surface area contributed by atoms with Crippen molar-refractivity contribution in [2.45, 2.75) is 57.1 Å². The molecule has 0 saturated heterocycles. The number of sulfonamides is 1. The van der Waals surface area contributed by atoms with Crippen LogP contribution in [0.25, 0.3) is 0 Å². The third kappa shape index (κ3) is 8.49. The molecule has 0 aromatic heterocycles. The van der Waals surface area contributed by atoms with E-state index >= 15 is 0 Å². The number of carbonyl (C=O) groups is 2. The minimum atomic E-state index is -4.19. The van der Waals surface area contributed by atoms with Crippen LogP contribution in [0.5, 0.6) is 0 Å². The average molecular weight is 632 g/mol. The maximum absolute atomic E-state index is 14.5. The van der Waals surface area contributed by atoms with Crippen molar-refractivity contribution in [1.82, 2.24) is 10.2 Å². The molecule has 0 unspecified atom stereocenters. The number of anilines is 1. The normalized spacial score (nSPS) is 12.3. The van der Waals surface area contributed by atoms with Gasteiger partial charge in [-0.2, -0.15) is 0 Å². The number of carbonyl (C=O) groups excluding carboxylic acids is 2. The van der Waals surface area contributed by atoms with E-state index in [4.69, 9.17) is 11.6 Å². The molecule has 0 radical (unpaired) electrons. The van der Waals surface area contributed by atoms with Crippen LogP contribution in [0.1, 0.15) is 37.5 Å². The van der Waals surface area contributed by atoms with Gasteiger partial charge in [-0.05, 0) is 68.7 Å². The van der Waals surface area contributed by atoms with E-state index < -0.39 is 34.1 Å². The number of nitrogens with zero attached hydrogens (tertiary/aromatic N) is 2. The molecule has 0 saturated carbocycles. The average Bonchev–Trinajstić information content (AvgIpc) is 2.99. The van der Waals surface area contributed by atoms with Crippen molar-refractivity contribution >= 4 is 39.1 Å². The van der Waals surface area contributed by atoms with E-state index in [0.29, 0.717) is 5.02 Å². The highest BCUT2D eigenvalue weighted by molar-refractivity contribution is 7.92. The molecule has 1 atom stereocenters. The second-order valence-electron chi connectivity index (χ2n) is 11.7. The molecule has 4 rings (SSSR count). The number of rotatable bonds is 11. The van der Waals surface area contributed by atoms with Gasteiger partial charge in [0.15, 0.2) is 0 Å². The van der Waals surface area contributed by atoms with E-state index in [0.717, 1.165) is 21.0 Å². The van der Waals surface area contributed by atoms with Gasteiger partial charge in [0.25, 0.3) is 10.0 Å². The van der Waals surface area contributed by atoms with E-state index in [-0.39, 0.29) is 29.5 Å². The third-order valence-electron chi connectivity index (χ3n) is 7.02. The fraction of sp³-hybridized carbons (Fsp3) is 0.257. The highest BCUT2D eigenvalue weighted by Crippen LogP contribution is 2.29. The summed E-state index contributed by atoms with van der Waals surface area (Å²) in [5.41, 5.74) is 2.13. The number of benzene rings is 4. The maximum Gasteiger partial charge on any atom is 0.264 e. The molecule has 1 N–H and O–H groups in total. The van der Waals surface area contributed by atoms with Gasteiger partial charge in [-0.25, -0.2) is 8.42 Å². The monoisotopic (exact) mass is 631 g/mol. The summed E-state index contributed by atoms with van der Waals surface area (Å²) >= 11 is 6.43. The van der Waals surface area contributed by atoms with Gasteiger partial charge >= 0.3 is 0 Å². The minimum absolute atomic E-state index is 0.0328. The Balaban J connectivity index is 1.81. The second kappa shape index (κ2) is 14.1. The standard InChI is InChI=1S/C35H38ClN3O4S/c1-26-20-21-29(23-31(26)36)39(44(42,43)30-18-12-7-13-19-30)25-33(40)38(24-28-16-10-6-11-17-28)32(34(41)37-35(2,3)4)22-27-14-8-5-9-15-27/h5-21,23,32H,22,24-25H2,1-4H3,(H,37,41)/t32-/m0/s1. The van der Waals surface area contributed by atoms with Gasteiger partial charge in [0, 0.05) is 23.5 Å². The molecule has 4 aromatic rings. The van der Waals surface area contributed by atoms with Crippen LogP contribution in [0, 0.1) is 6.92 Å².